The highest BCUT2D eigenvalue weighted by Gasteiger charge is 2.28. The molecule has 0 spiro atoms. The van der Waals surface area contributed by atoms with Gasteiger partial charge in [0.25, 0.3) is 5.91 Å². The molecule has 0 N–H and O–H groups in total. The van der Waals surface area contributed by atoms with Gasteiger partial charge in [-0.05, 0) is 55.0 Å². The van der Waals surface area contributed by atoms with Crippen molar-refractivity contribution in [3.05, 3.63) is 52.9 Å². The fourth-order valence-corrected chi connectivity index (χ4v) is 4.68. The highest BCUT2D eigenvalue weighted by atomic mass is 32.2. The van der Waals surface area contributed by atoms with E-state index in [1.165, 1.54) is 54.1 Å². The van der Waals surface area contributed by atoms with Gasteiger partial charge in [-0.1, -0.05) is 30.0 Å². The molecule has 0 aliphatic carbocycles. The lowest BCUT2D eigenvalue weighted by Gasteiger charge is -2.13. The van der Waals surface area contributed by atoms with E-state index in [2.05, 4.69) is 0 Å². The zero-order valence-corrected chi connectivity index (χ0v) is 18.9. The Kier molecular flexibility index (Phi) is 6.69. The summed E-state index contributed by atoms with van der Waals surface area (Å²) in [6.07, 6.45) is 1.67. The Balaban J connectivity index is 1.90. The van der Waals surface area contributed by atoms with Gasteiger partial charge in [0, 0.05) is 7.05 Å². The van der Waals surface area contributed by atoms with Gasteiger partial charge in [0.1, 0.15) is 15.0 Å². The lowest BCUT2D eigenvalue weighted by atomic mass is 10.2. The van der Waals surface area contributed by atoms with E-state index in [1.54, 1.807) is 32.2 Å². The van der Waals surface area contributed by atoms with Crippen molar-refractivity contribution in [3.8, 4) is 17.2 Å². The Morgan fingerprint density at radius 1 is 1.13 bits per heavy atom. The Bertz CT molecular complexity index is 1110. The second-order valence-electron chi connectivity index (χ2n) is 6.09. The van der Waals surface area contributed by atoms with Crippen LogP contribution in [0.15, 0.2) is 52.3 Å². The van der Waals surface area contributed by atoms with Gasteiger partial charge in [-0.25, -0.2) is 0 Å². The minimum absolute atomic E-state index is 0.0126. The van der Waals surface area contributed by atoms with Crippen LogP contribution in [0.25, 0.3) is 6.08 Å². The summed E-state index contributed by atoms with van der Waals surface area (Å²) in [5.74, 6) is 0.638. The van der Waals surface area contributed by atoms with Gasteiger partial charge in [0.05, 0.1) is 18.6 Å². The first kappa shape index (κ1) is 22.1. The molecule has 0 radical (unpaired) electrons. The summed E-state index contributed by atoms with van der Waals surface area (Å²) in [4.78, 5) is 14.1. The molecule has 2 aromatic carbocycles. The van der Waals surface area contributed by atoms with Crippen molar-refractivity contribution in [2.45, 2.75) is 11.8 Å². The number of ether oxygens (including phenoxy) is 2. The third-order valence-corrected chi connectivity index (χ3v) is 6.83. The van der Waals surface area contributed by atoms with E-state index < -0.39 is 10.1 Å². The van der Waals surface area contributed by atoms with Gasteiger partial charge in [0.15, 0.2) is 11.5 Å². The molecule has 10 heteroatoms. The Morgan fingerprint density at radius 3 is 2.40 bits per heavy atom. The van der Waals surface area contributed by atoms with Crippen molar-refractivity contribution < 1.29 is 26.9 Å². The first-order valence-electron chi connectivity index (χ1n) is 8.82. The molecule has 1 amide bonds. The standard InChI is InChI=1S/C20H19NO6S3/c1-4-26-17-11-13(12-18-19(22)21(2)20(28)29-18)5-10-16(17)27-30(23,24)15-8-6-14(25-3)7-9-15/h5-12H,4H2,1-3H3. The van der Waals surface area contributed by atoms with Crippen LogP contribution in [-0.4, -0.2) is 44.3 Å². The third kappa shape index (κ3) is 4.77. The van der Waals surface area contributed by atoms with Gasteiger partial charge >= 0.3 is 10.1 Å². The summed E-state index contributed by atoms with van der Waals surface area (Å²) in [5.41, 5.74) is 0.654. The quantitative estimate of drug-likeness (QED) is 0.348. The van der Waals surface area contributed by atoms with Crippen LogP contribution in [0, 0.1) is 0 Å². The van der Waals surface area contributed by atoms with Crippen LogP contribution in [0.2, 0.25) is 0 Å². The van der Waals surface area contributed by atoms with E-state index in [9.17, 15) is 13.2 Å². The van der Waals surface area contributed by atoms with Gasteiger partial charge in [-0.3, -0.25) is 9.69 Å². The summed E-state index contributed by atoms with van der Waals surface area (Å²) in [5, 5.41) is 0. The number of methoxy groups -OCH3 is 1. The first-order chi connectivity index (χ1) is 14.2. The van der Waals surface area contributed by atoms with Crippen LogP contribution < -0.4 is 13.7 Å². The van der Waals surface area contributed by atoms with E-state index in [0.717, 1.165) is 0 Å². The van der Waals surface area contributed by atoms with E-state index in [1.807, 2.05) is 0 Å². The largest absolute Gasteiger partial charge is 0.497 e. The van der Waals surface area contributed by atoms with Gasteiger partial charge in [-0.2, -0.15) is 8.42 Å². The smallest absolute Gasteiger partial charge is 0.339 e. The molecule has 3 rings (SSSR count). The molecule has 1 aliphatic heterocycles. The van der Waals surface area contributed by atoms with Crippen molar-refractivity contribution in [3.63, 3.8) is 0 Å². The SMILES string of the molecule is CCOc1cc(C=C2SC(=S)N(C)C2=O)ccc1OS(=O)(=O)c1ccc(OC)cc1. The number of carbonyl (C=O) groups is 1. The Labute approximate surface area is 184 Å². The van der Waals surface area contributed by atoms with E-state index in [0.29, 0.717) is 27.1 Å². The number of thioether (sulfide) groups is 1. The maximum atomic E-state index is 12.6. The van der Waals surface area contributed by atoms with E-state index in [4.69, 9.17) is 25.9 Å². The molecular weight excluding hydrogens is 446 g/mol. The number of benzene rings is 2. The molecular formula is C20H19NO6S3. The van der Waals surface area contributed by atoms with Crippen molar-refractivity contribution >= 4 is 50.4 Å². The molecule has 1 aliphatic rings. The number of carbonyl (C=O) groups excluding carboxylic acids is 1. The normalized spacial score (nSPS) is 15.6. The molecule has 30 heavy (non-hydrogen) atoms. The van der Waals surface area contributed by atoms with E-state index in [-0.39, 0.29) is 22.3 Å². The average molecular weight is 466 g/mol. The number of hydrogen-bond donors (Lipinski definition) is 0. The van der Waals surface area contributed by atoms with Gasteiger partial charge in [-0.15, -0.1) is 0 Å². The second kappa shape index (κ2) is 9.07. The third-order valence-electron chi connectivity index (χ3n) is 4.10. The molecule has 2 aromatic rings. The molecule has 0 atom stereocenters. The topological polar surface area (TPSA) is 82.1 Å². The lowest BCUT2D eigenvalue weighted by molar-refractivity contribution is -0.121. The van der Waals surface area contributed by atoms with Crippen molar-refractivity contribution in [2.75, 3.05) is 20.8 Å². The summed E-state index contributed by atoms with van der Waals surface area (Å²) >= 11 is 6.33. The van der Waals surface area contributed by atoms with E-state index >= 15 is 0 Å². The minimum Gasteiger partial charge on any atom is -0.497 e. The molecule has 1 saturated heterocycles. The number of nitrogens with zero attached hydrogens (tertiary/aromatic N) is 1. The Hall–Kier alpha value is -2.56. The first-order valence-corrected chi connectivity index (χ1v) is 11.5. The number of thiocarbonyl (C=S) groups is 1. The van der Waals surface area contributed by atoms with Crippen LogP contribution >= 0.6 is 24.0 Å². The van der Waals surface area contributed by atoms with Gasteiger partial charge < -0.3 is 13.7 Å². The average Bonchev–Trinajstić information content (AvgIpc) is 2.96. The second-order valence-corrected chi connectivity index (χ2v) is 9.31. The highest BCUT2D eigenvalue weighted by Crippen LogP contribution is 2.35. The lowest BCUT2D eigenvalue weighted by Crippen LogP contribution is -2.22. The van der Waals surface area contributed by atoms with Crippen molar-refractivity contribution in [1.29, 1.82) is 0 Å². The predicted molar refractivity (Wildman–Crippen MR) is 119 cm³/mol. The van der Waals surface area contributed by atoms with Crippen LogP contribution in [0.1, 0.15) is 12.5 Å². The minimum atomic E-state index is -4.07. The molecule has 158 valence electrons. The number of amides is 1. The summed E-state index contributed by atoms with van der Waals surface area (Å²) in [6, 6.07) is 10.6. The fraction of sp³-hybridized carbons (Fsp3) is 0.200. The Morgan fingerprint density at radius 2 is 1.83 bits per heavy atom. The molecule has 0 saturated carbocycles. The van der Waals surface area contributed by atoms with Crippen LogP contribution in [-0.2, 0) is 14.9 Å². The fourth-order valence-electron chi connectivity index (χ4n) is 2.56. The summed E-state index contributed by atoms with van der Waals surface area (Å²) < 4.78 is 41.7. The molecule has 0 bridgehead atoms. The maximum absolute atomic E-state index is 12.6. The monoisotopic (exact) mass is 465 g/mol. The summed E-state index contributed by atoms with van der Waals surface area (Å²) in [6.45, 7) is 2.08. The predicted octanol–water partition coefficient (Wildman–Crippen LogP) is 3.69. The van der Waals surface area contributed by atoms with Crippen molar-refractivity contribution in [2.24, 2.45) is 0 Å². The summed E-state index contributed by atoms with van der Waals surface area (Å²) in [7, 11) is -0.960. The molecule has 7 nitrogen and oxygen atoms in total. The zero-order valence-electron chi connectivity index (χ0n) is 16.4. The zero-order chi connectivity index (χ0) is 21.9. The highest BCUT2D eigenvalue weighted by molar-refractivity contribution is 8.26. The molecule has 1 heterocycles. The molecule has 0 aromatic heterocycles. The maximum Gasteiger partial charge on any atom is 0.339 e. The van der Waals surface area contributed by atoms with Crippen LogP contribution in [0.4, 0.5) is 0 Å². The van der Waals surface area contributed by atoms with Crippen LogP contribution in [0.3, 0.4) is 0 Å². The van der Waals surface area contributed by atoms with Crippen LogP contribution in [0.5, 0.6) is 17.2 Å². The van der Waals surface area contributed by atoms with Gasteiger partial charge in [0.2, 0.25) is 0 Å². The number of likely N-dealkylation sites (N-methyl/N-ethyl adjacent to an activating group) is 1. The number of hydrogen-bond acceptors (Lipinski definition) is 8. The molecule has 0 unspecified atom stereocenters. The number of rotatable bonds is 7. The van der Waals surface area contributed by atoms with Crippen molar-refractivity contribution in [1.82, 2.24) is 4.90 Å². The molecule has 1 fully saturated rings.